The van der Waals surface area contributed by atoms with Crippen LogP contribution in [0.3, 0.4) is 0 Å². The maximum absolute atomic E-state index is 12.7. The standard InChI is InChI=1S/C49H88NO7P/c1-6-8-10-12-14-16-18-20-21-22-23-24-25-26-27-28-29-30-32-34-36-38-40-42-49(51)57-48(47-56-58(52,53)55-45-43-50(3,4)5)46-54-44-41-39-37-35-33-31-19-17-15-13-11-9-7-2/h8,10,14-17,20-21,23-24,26-27,48H,6-7,9,11-13,18-19,22,25,28-47H2,1-5H3/p+1/b10-8-,16-14-,17-15-,21-20-,24-23-,27-26-. The first-order valence-electron chi connectivity index (χ1n) is 23.2. The smallest absolute Gasteiger partial charge is 0.457 e. The van der Waals surface area contributed by atoms with Crippen molar-refractivity contribution in [3.8, 4) is 0 Å². The third-order valence-electron chi connectivity index (χ3n) is 9.50. The molecule has 0 aliphatic carbocycles. The summed E-state index contributed by atoms with van der Waals surface area (Å²) >= 11 is 0. The van der Waals surface area contributed by atoms with E-state index in [1.165, 1.54) is 83.5 Å². The minimum absolute atomic E-state index is 0.0816. The van der Waals surface area contributed by atoms with E-state index in [2.05, 4.69) is 86.8 Å². The molecule has 8 nitrogen and oxygen atoms in total. The maximum Gasteiger partial charge on any atom is 0.472 e. The second-order valence-electron chi connectivity index (χ2n) is 16.4. The van der Waals surface area contributed by atoms with Crippen LogP contribution < -0.4 is 0 Å². The molecule has 1 N–H and O–H groups in total. The van der Waals surface area contributed by atoms with E-state index in [9.17, 15) is 14.3 Å². The van der Waals surface area contributed by atoms with Crippen molar-refractivity contribution in [1.82, 2.24) is 0 Å². The lowest BCUT2D eigenvalue weighted by atomic mass is 10.1. The highest BCUT2D eigenvalue weighted by atomic mass is 31.2. The number of esters is 1. The van der Waals surface area contributed by atoms with Gasteiger partial charge in [0.05, 0.1) is 34.4 Å². The number of hydrogen-bond donors (Lipinski definition) is 1. The van der Waals surface area contributed by atoms with E-state index in [1.54, 1.807) is 0 Å². The lowest BCUT2D eigenvalue weighted by Crippen LogP contribution is -2.37. The average molecular weight is 835 g/mol. The van der Waals surface area contributed by atoms with Crippen LogP contribution in [0.4, 0.5) is 0 Å². The predicted molar refractivity (Wildman–Crippen MR) is 247 cm³/mol. The summed E-state index contributed by atoms with van der Waals surface area (Å²) in [5, 5.41) is 0. The van der Waals surface area contributed by atoms with Crippen molar-refractivity contribution in [2.75, 3.05) is 54.1 Å². The maximum atomic E-state index is 12.7. The number of carbonyl (C=O) groups is 1. The van der Waals surface area contributed by atoms with E-state index >= 15 is 0 Å². The predicted octanol–water partition coefficient (Wildman–Crippen LogP) is 13.9. The molecule has 0 radical (unpaired) electrons. The summed E-state index contributed by atoms with van der Waals surface area (Å²) in [5.41, 5.74) is 0. The van der Waals surface area contributed by atoms with E-state index in [0.717, 1.165) is 70.6 Å². The Morgan fingerprint density at radius 3 is 1.52 bits per heavy atom. The molecule has 2 atom stereocenters. The molecule has 0 aromatic rings. The third kappa shape index (κ3) is 45.0. The number of hydrogen-bond acceptors (Lipinski definition) is 6. The molecule has 58 heavy (non-hydrogen) atoms. The SMILES string of the molecule is CC/C=C\C/C=C\C/C=C\C/C=C\C/C=C\CCCCCCCCCC(=O)OC(COCCCCCCCC/C=C\CCCCC)COP(=O)(O)OCC[N+](C)(C)C. The van der Waals surface area contributed by atoms with Crippen LogP contribution in [0.5, 0.6) is 0 Å². The Kier molecular flexibility index (Phi) is 40.2. The third-order valence-corrected chi connectivity index (χ3v) is 10.5. The molecular weight excluding hydrogens is 746 g/mol. The van der Waals surface area contributed by atoms with E-state index < -0.39 is 13.9 Å². The molecule has 336 valence electrons. The Hall–Kier alpha value is -2.06. The molecule has 0 aromatic heterocycles. The Balaban J connectivity index is 4.22. The topological polar surface area (TPSA) is 91.3 Å². The van der Waals surface area contributed by atoms with Gasteiger partial charge in [0.2, 0.25) is 0 Å². The van der Waals surface area contributed by atoms with Gasteiger partial charge < -0.3 is 18.9 Å². The Morgan fingerprint density at radius 2 is 1.00 bits per heavy atom. The van der Waals surface area contributed by atoms with Gasteiger partial charge in [-0.3, -0.25) is 13.8 Å². The summed E-state index contributed by atoms with van der Waals surface area (Å²) in [6, 6.07) is 0. The van der Waals surface area contributed by atoms with Gasteiger partial charge in [-0.2, -0.15) is 0 Å². The summed E-state index contributed by atoms with van der Waals surface area (Å²) in [6.07, 6.45) is 53.6. The molecule has 0 saturated carbocycles. The van der Waals surface area contributed by atoms with Gasteiger partial charge in [-0.25, -0.2) is 4.57 Å². The number of allylic oxidation sites excluding steroid dienone is 12. The van der Waals surface area contributed by atoms with Crippen LogP contribution in [0.15, 0.2) is 72.9 Å². The fraction of sp³-hybridized carbons (Fsp3) is 0.735. The number of phosphoric acid groups is 1. The molecule has 0 fully saturated rings. The number of ether oxygens (including phenoxy) is 2. The number of unbranched alkanes of at least 4 members (excludes halogenated alkanes) is 16. The molecule has 0 aromatic carbocycles. The van der Waals surface area contributed by atoms with Crippen molar-refractivity contribution in [2.24, 2.45) is 0 Å². The largest absolute Gasteiger partial charge is 0.472 e. The molecule has 0 aliphatic rings. The van der Waals surface area contributed by atoms with E-state index in [4.69, 9.17) is 18.5 Å². The highest BCUT2D eigenvalue weighted by Crippen LogP contribution is 2.43. The number of phosphoric ester groups is 1. The molecule has 0 spiro atoms. The Labute approximate surface area is 357 Å². The van der Waals surface area contributed by atoms with Crippen LogP contribution in [0, 0.1) is 0 Å². The van der Waals surface area contributed by atoms with E-state index in [-0.39, 0.29) is 25.8 Å². The van der Waals surface area contributed by atoms with Crippen LogP contribution >= 0.6 is 7.82 Å². The summed E-state index contributed by atoms with van der Waals surface area (Å²) in [6.45, 7) is 5.45. The fourth-order valence-corrected chi connectivity index (χ4v) is 6.67. The number of carbonyl (C=O) groups excluding carboxylic acids is 1. The zero-order valence-corrected chi connectivity index (χ0v) is 38.9. The Morgan fingerprint density at radius 1 is 0.552 bits per heavy atom. The van der Waals surface area contributed by atoms with Gasteiger partial charge in [0.15, 0.2) is 0 Å². The fourth-order valence-electron chi connectivity index (χ4n) is 5.93. The molecule has 0 rings (SSSR count). The highest BCUT2D eigenvalue weighted by molar-refractivity contribution is 7.47. The zero-order valence-electron chi connectivity index (χ0n) is 38.0. The molecular formula is C49H89NO7P+. The second kappa shape index (κ2) is 41.7. The van der Waals surface area contributed by atoms with Gasteiger partial charge in [0, 0.05) is 13.0 Å². The van der Waals surface area contributed by atoms with Crippen molar-refractivity contribution in [2.45, 2.75) is 180 Å². The lowest BCUT2D eigenvalue weighted by Gasteiger charge is -2.24. The summed E-state index contributed by atoms with van der Waals surface area (Å²) in [7, 11) is 1.64. The van der Waals surface area contributed by atoms with Crippen molar-refractivity contribution in [1.29, 1.82) is 0 Å². The van der Waals surface area contributed by atoms with Crippen LogP contribution in [-0.4, -0.2) is 75.6 Å². The molecule has 0 bridgehead atoms. The number of nitrogens with zero attached hydrogens (tertiary/aromatic N) is 1. The van der Waals surface area contributed by atoms with Crippen LogP contribution in [0.2, 0.25) is 0 Å². The van der Waals surface area contributed by atoms with Crippen molar-refractivity contribution in [3.63, 3.8) is 0 Å². The van der Waals surface area contributed by atoms with Crippen molar-refractivity contribution >= 4 is 13.8 Å². The minimum atomic E-state index is -4.28. The Bertz CT molecular complexity index is 1150. The molecule has 0 saturated heterocycles. The molecule has 0 amide bonds. The molecule has 0 heterocycles. The summed E-state index contributed by atoms with van der Waals surface area (Å²) < 4.78 is 35.0. The summed E-state index contributed by atoms with van der Waals surface area (Å²) in [4.78, 5) is 22.9. The van der Waals surface area contributed by atoms with Gasteiger partial charge in [-0.1, -0.05) is 157 Å². The number of rotatable bonds is 42. The van der Waals surface area contributed by atoms with Gasteiger partial charge in [0.1, 0.15) is 19.3 Å². The van der Waals surface area contributed by atoms with E-state index in [0.29, 0.717) is 24.1 Å². The van der Waals surface area contributed by atoms with Crippen LogP contribution in [0.25, 0.3) is 0 Å². The van der Waals surface area contributed by atoms with Gasteiger partial charge in [-0.05, 0) is 83.5 Å². The van der Waals surface area contributed by atoms with Crippen molar-refractivity contribution < 1.29 is 37.3 Å². The molecule has 0 aliphatic heterocycles. The molecule has 9 heteroatoms. The average Bonchev–Trinajstić information content (AvgIpc) is 3.18. The minimum Gasteiger partial charge on any atom is -0.457 e. The van der Waals surface area contributed by atoms with Gasteiger partial charge >= 0.3 is 13.8 Å². The van der Waals surface area contributed by atoms with Crippen LogP contribution in [-0.2, 0) is 27.9 Å². The van der Waals surface area contributed by atoms with E-state index in [1.807, 2.05) is 21.1 Å². The molecule has 2 unspecified atom stereocenters. The first-order chi connectivity index (χ1) is 28.1. The second-order valence-corrected chi connectivity index (χ2v) is 17.9. The van der Waals surface area contributed by atoms with Gasteiger partial charge in [0.25, 0.3) is 0 Å². The monoisotopic (exact) mass is 835 g/mol. The first kappa shape index (κ1) is 55.9. The van der Waals surface area contributed by atoms with Crippen LogP contribution in [0.1, 0.15) is 174 Å². The zero-order chi connectivity index (χ0) is 42.7. The quantitative estimate of drug-likeness (QED) is 0.0215. The summed E-state index contributed by atoms with van der Waals surface area (Å²) in [5.74, 6) is -0.330. The first-order valence-corrected chi connectivity index (χ1v) is 24.7. The lowest BCUT2D eigenvalue weighted by molar-refractivity contribution is -0.870. The van der Waals surface area contributed by atoms with Crippen molar-refractivity contribution in [3.05, 3.63) is 72.9 Å². The number of likely N-dealkylation sites (N-methyl/N-ethyl adjacent to an activating group) is 1. The number of quaternary nitrogens is 1. The normalized spacial score (nSPS) is 14.4. The van der Waals surface area contributed by atoms with Gasteiger partial charge in [-0.15, -0.1) is 0 Å². The highest BCUT2D eigenvalue weighted by Gasteiger charge is 2.26.